The van der Waals surface area contributed by atoms with Gasteiger partial charge >= 0.3 is 17.6 Å². The Morgan fingerprint density at radius 1 is 0.667 bits per heavy atom. The van der Waals surface area contributed by atoms with Crippen LogP contribution in [0.4, 0.5) is 0 Å². The minimum Gasteiger partial charge on any atom is -0.414 e. The van der Waals surface area contributed by atoms with Crippen molar-refractivity contribution in [3.63, 3.8) is 0 Å². The summed E-state index contributed by atoms with van der Waals surface area (Å²) in [4.78, 5) is 0. The summed E-state index contributed by atoms with van der Waals surface area (Å²) in [6, 6.07) is 0. The molecule has 0 atom stereocenters. The Morgan fingerprint density at radius 3 is 1.39 bits per heavy atom. The maximum absolute atomic E-state index is 5.91. The van der Waals surface area contributed by atoms with Gasteiger partial charge in [-0.25, -0.2) is 0 Å². The molecule has 0 aromatic heterocycles. The van der Waals surface area contributed by atoms with Crippen LogP contribution in [0.3, 0.4) is 0 Å². The van der Waals surface area contributed by atoms with Gasteiger partial charge in [0.2, 0.25) is 0 Å². The molecule has 0 fully saturated rings. The minimum absolute atomic E-state index is 0.202. The molecule has 0 bridgehead atoms. The van der Waals surface area contributed by atoms with Crippen LogP contribution in [0.25, 0.3) is 0 Å². The molecule has 108 valence electrons. The van der Waals surface area contributed by atoms with Gasteiger partial charge in [0.1, 0.15) is 0 Å². The maximum atomic E-state index is 5.91. The molecular formula is C12H28O4Si2. The topological polar surface area (TPSA) is 36.9 Å². The fourth-order valence-corrected chi connectivity index (χ4v) is 5.78. The van der Waals surface area contributed by atoms with Crippen molar-refractivity contribution in [1.82, 2.24) is 0 Å². The molecule has 0 spiro atoms. The third-order valence-corrected chi connectivity index (χ3v) is 6.82. The molecule has 2 radical (unpaired) electrons. The third-order valence-electron chi connectivity index (χ3n) is 1.99. The number of hydrogen-bond acceptors (Lipinski definition) is 4. The molecule has 0 N–H and O–H groups in total. The van der Waals surface area contributed by atoms with Crippen LogP contribution in [-0.4, -0.2) is 44.0 Å². The van der Waals surface area contributed by atoms with E-state index in [9.17, 15) is 0 Å². The highest BCUT2D eigenvalue weighted by atomic mass is 29.2. The van der Waals surface area contributed by atoms with Crippen LogP contribution in [0.2, 0.25) is 0 Å². The molecule has 0 aromatic rings. The van der Waals surface area contributed by atoms with Gasteiger partial charge in [0.15, 0.2) is 0 Å². The molecule has 0 saturated heterocycles. The zero-order chi connectivity index (χ0) is 13.7. The largest absolute Gasteiger partial charge is 0.502 e. The highest BCUT2D eigenvalue weighted by Gasteiger charge is 2.43. The van der Waals surface area contributed by atoms with E-state index >= 15 is 0 Å². The summed E-state index contributed by atoms with van der Waals surface area (Å²) < 4.78 is 23.4. The fraction of sp³-hybridized carbons (Fsp3) is 1.00. The number of hydrogen-bond donors (Lipinski definition) is 0. The molecule has 0 aliphatic rings. The van der Waals surface area contributed by atoms with Crippen molar-refractivity contribution in [3.05, 3.63) is 0 Å². The predicted octanol–water partition coefficient (Wildman–Crippen LogP) is 2.75. The Labute approximate surface area is 115 Å². The van der Waals surface area contributed by atoms with E-state index < -0.39 is 8.32 Å². The quantitative estimate of drug-likeness (QED) is 0.386. The molecule has 0 rings (SSSR count). The Kier molecular flexibility index (Phi) is 12.5. The van der Waals surface area contributed by atoms with Crippen molar-refractivity contribution >= 4 is 17.6 Å². The summed E-state index contributed by atoms with van der Waals surface area (Å²) in [5, 5.41) is 0. The van der Waals surface area contributed by atoms with Crippen LogP contribution >= 0.6 is 0 Å². The lowest BCUT2D eigenvalue weighted by Gasteiger charge is -2.28. The molecule has 0 amide bonds. The lowest BCUT2D eigenvalue weighted by atomic mass is 10.5. The normalized spacial score (nSPS) is 12.0. The Balaban J connectivity index is 4.41. The summed E-state index contributed by atoms with van der Waals surface area (Å²) in [5.41, 5.74) is 0. The van der Waals surface area contributed by atoms with Gasteiger partial charge in [0, 0.05) is 26.4 Å². The first-order chi connectivity index (χ1) is 8.74. The van der Waals surface area contributed by atoms with Crippen LogP contribution in [0.1, 0.15) is 53.4 Å². The molecule has 4 nitrogen and oxygen atoms in total. The van der Waals surface area contributed by atoms with Crippen LogP contribution in [-0.2, 0) is 17.7 Å². The van der Waals surface area contributed by atoms with Crippen molar-refractivity contribution < 1.29 is 17.7 Å². The lowest BCUT2D eigenvalue weighted by Crippen LogP contribution is -2.53. The third kappa shape index (κ3) is 8.39. The van der Waals surface area contributed by atoms with Crippen LogP contribution in [0, 0.1) is 0 Å². The van der Waals surface area contributed by atoms with Crippen molar-refractivity contribution in [2.45, 2.75) is 53.4 Å². The van der Waals surface area contributed by atoms with E-state index in [1.807, 2.05) is 0 Å². The smallest absolute Gasteiger partial charge is 0.414 e. The van der Waals surface area contributed by atoms with E-state index in [0.29, 0.717) is 19.8 Å². The van der Waals surface area contributed by atoms with Gasteiger partial charge in [-0.05, 0) is 25.7 Å². The number of rotatable bonds is 13. The lowest BCUT2D eigenvalue weighted by molar-refractivity contribution is 0.0749. The molecule has 0 saturated carbocycles. The first-order valence-electron chi connectivity index (χ1n) is 7.05. The zero-order valence-electron chi connectivity index (χ0n) is 12.3. The summed E-state index contributed by atoms with van der Waals surface area (Å²) >= 11 is 0. The summed E-state index contributed by atoms with van der Waals surface area (Å²) in [7, 11) is -2.39. The molecule has 0 unspecified atom stereocenters. The van der Waals surface area contributed by atoms with Gasteiger partial charge in [-0.2, -0.15) is 0 Å². The second kappa shape index (κ2) is 12.3. The SMILES string of the molecule is CCCO[Si][Si](OCCC)(OCCC)OCCC. The highest BCUT2D eigenvalue weighted by Crippen LogP contribution is 2.11. The van der Waals surface area contributed by atoms with E-state index in [1.54, 1.807) is 0 Å². The van der Waals surface area contributed by atoms with Crippen molar-refractivity contribution in [2.75, 3.05) is 26.4 Å². The second-order valence-corrected chi connectivity index (χ2v) is 8.97. The van der Waals surface area contributed by atoms with Crippen molar-refractivity contribution in [1.29, 1.82) is 0 Å². The molecule has 0 aromatic carbocycles. The molecule has 0 aliphatic heterocycles. The Morgan fingerprint density at radius 2 is 1.06 bits per heavy atom. The van der Waals surface area contributed by atoms with Crippen molar-refractivity contribution in [2.24, 2.45) is 0 Å². The first kappa shape index (κ1) is 18.3. The van der Waals surface area contributed by atoms with Gasteiger partial charge < -0.3 is 17.7 Å². The van der Waals surface area contributed by atoms with Gasteiger partial charge in [-0.1, -0.05) is 27.7 Å². The molecule has 18 heavy (non-hydrogen) atoms. The maximum Gasteiger partial charge on any atom is 0.502 e. The zero-order valence-corrected chi connectivity index (χ0v) is 14.3. The first-order valence-corrected chi connectivity index (χ1v) is 10.7. The van der Waals surface area contributed by atoms with Gasteiger partial charge in [0.25, 0.3) is 0 Å². The van der Waals surface area contributed by atoms with Gasteiger partial charge in [0.05, 0.1) is 0 Å². The summed E-state index contributed by atoms with van der Waals surface area (Å²) in [6.07, 6.45) is 3.92. The molecule has 6 heteroatoms. The molecular weight excluding hydrogens is 264 g/mol. The van der Waals surface area contributed by atoms with Gasteiger partial charge in [-0.15, -0.1) is 0 Å². The second-order valence-electron chi connectivity index (χ2n) is 4.05. The molecule has 0 aliphatic carbocycles. The van der Waals surface area contributed by atoms with E-state index in [4.69, 9.17) is 17.7 Å². The van der Waals surface area contributed by atoms with E-state index in [1.165, 1.54) is 0 Å². The van der Waals surface area contributed by atoms with E-state index in [2.05, 4.69) is 27.7 Å². The van der Waals surface area contributed by atoms with E-state index in [0.717, 1.165) is 32.3 Å². The monoisotopic (exact) mass is 292 g/mol. The Bertz CT molecular complexity index is 160. The Hall–Kier alpha value is 0.274. The highest BCUT2D eigenvalue weighted by molar-refractivity contribution is 7.12. The van der Waals surface area contributed by atoms with E-state index in [-0.39, 0.29) is 9.28 Å². The predicted molar refractivity (Wildman–Crippen MR) is 76.5 cm³/mol. The summed E-state index contributed by atoms with van der Waals surface area (Å²) in [6.45, 7) is 11.2. The van der Waals surface area contributed by atoms with Crippen molar-refractivity contribution in [3.8, 4) is 0 Å². The minimum atomic E-state index is -2.59. The average molecular weight is 293 g/mol. The molecule has 0 heterocycles. The average Bonchev–Trinajstić information content (AvgIpc) is 2.40. The van der Waals surface area contributed by atoms with Crippen LogP contribution in [0.5, 0.6) is 0 Å². The summed E-state index contributed by atoms with van der Waals surface area (Å²) in [5.74, 6) is 0. The van der Waals surface area contributed by atoms with Crippen LogP contribution in [0.15, 0.2) is 0 Å². The van der Waals surface area contributed by atoms with Crippen LogP contribution < -0.4 is 0 Å². The standard InChI is InChI=1S/C12H28O4Si2/c1-5-9-13-17-18(14-10-6-2,15-11-7-3)16-12-8-4/h5-12H2,1-4H3. The fourth-order valence-electron chi connectivity index (χ4n) is 1.16. The van der Waals surface area contributed by atoms with Gasteiger partial charge in [-0.3, -0.25) is 0 Å².